The van der Waals surface area contributed by atoms with Crippen molar-refractivity contribution in [3.63, 3.8) is 0 Å². The second kappa shape index (κ2) is 9.87. The standard InChI is InChI=1S/C25H20ClN3O2/c26-21-13-7-12-20(17-21)24-28-25(31-29-24)22(16-19-10-5-2-6-11-19)27-23(30)15-14-18-8-3-1-4-9-18/h1-15,17,22H,16H2,(H,27,30). The third kappa shape index (κ3) is 5.68. The Bertz CT molecular complexity index is 1170. The van der Waals surface area contributed by atoms with E-state index < -0.39 is 6.04 Å². The van der Waals surface area contributed by atoms with Crippen LogP contribution in [0, 0.1) is 0 Å². The minimum Gasteiger partial charge on any atom is -0.340 e. The number of amides is 1. The first kappa shape index (κ1) is 20.6. The van der Waals surface area contributed by atoms with Crippen molar-refractivity contribution in [1.82, 2.24) is 15.5 Å². The number of carbonyl (C=O) groups is 1. The molecule has 0 saturated carbocycles. The maximum Gasteiger partial charge on any atom is 0.249 e. The molecule has 4 rings (SSSR count). The van der Waals surface area contributed by atoms with Crippen LogP contribution in [0.1, 0.15) is 23.1 Å². The predicted molar refractivity (Wildman–Crippen MR) is 121 cm³/mol. The second-order valence-corrected chi connectivity index (χ2v) is 7.40. The van der Waals surface area contributed by atoms with Crippen molar-refractivity contribution >= 4 is 23.6 Å². The zero-order valence-electron chi connectivity index (χ0n) is 16.6. The Balaban J connectivity index is 1.56. The Hall–Kier alpha value is -3.70. The Labute approximate surface area is 185 Å². The molecule has 154 valence electrons. The Morgan fingerprint density at radius 3 is 2.48 bits per heavy atom. The summed E-state index contributed by atoms with van der Waals surface area (Å²) in [5.74, 6) is 0.511. The van der Waals surface area contributed by atoms with Gasteiger partial charge in [-0.3, -0.25) is 4.79 Å². The molecule has 31 heavy (non-hydrogen) atoms. The van der Waals surface area contributed by atoms with Crippen LogP contribution in [0.5, 0.6) is 0 Å². The van der Waals surface area contributed by atoms with Gasteiger partial charge in [-0.05, 0) is 29.3 Å². The molecule has 3 aromatic carbocycles. The largest absolute Gasteiger partial charge is 0.340 e. The van der Waals surface area contributed by atoms with Gasteiger partial charge in [0.1, 0.15) is 6.04 Å². The Kier molecular flexibility index (Phi) is 6.55. The molecule has 1 unspecified atom stereocenters. The molecule has 1 aromatic heterocycles. The van der Waals surface area contributed by atoms with Crippen LogP contribution in [0.15, 0.2) is 95.5 Å². The minimum atomic E-state index is -0.476. The highest BCUT2D eigenvalue weighted by molar-refractivity contribution is 6.30. The normalized spacial score (nSPS) is 12.0. The van der Waals surface area contributed by atoms with E-state index in [1.54, 1.807) is 18.2 Å². The second-order valence-electron chi connectivity index (χ2n) is 6.96. The SMILES string of the molecule is O=C(C=Cc1ccccc1)NC(Cc1ccccc1)c1nc(-c2cccc(Cl)c2)no1. The van der Waals surface area contributed by atoms with Crippen molar-refractivity contribution in [1.29, 1.82) is 0 Å². The minimum absolute atomic E-state index is 0.243. The molecule has 0 fully saturated rings. The van der Waals surface area contributed by atoms with E-state index in [2.05, 4.69) is 15.5 Å². The number of rotatable bonds is 7. The van der Waals surface area contributed by atoms with Crippen molar-refractivity contribution < 1.29 is 9.32 Å². The van der Waals surface area contributed by atoms with Crippen molar-refractivity contribution in [2.75, 3.05) is 0 Å². The van der Waals surface area contributed by atoms with Crippen LogP contribution < -0.4 is 5.32 Å². The van der Waals surface area contributed by atoms with Crippen molar-refractivity contribution in [2.24, 2.45) is 0 Å². The van der Waals surface area contributed by atoms with Gasteiger partial charge >= 0.3 is 0 Å². The molecule has 1 atom stereocenters. The summed E-state index contributed by atoms with van der Waals surface area (Å²) < 4.78 is 5.51. The third-order valence-corrected chi connectivity index (χ3v) is 4.88. The molecule has 1 N–H and O–H groups in total. The lowest BCUT2D eigenvalue weighted by Crippen LogP contribution is -2.28. The number of halogens is 1. The Morgan fingerprint density at radius 1 is 1.00 bits per heavy atom. The van der Waals surface area contributed by atoms with Crippen LogP contribution in [0.25, 0.3) is 17.5 Å². The van der Waals surface area contributed by atoms with Gasteiger partial charge in [0.15, 0.2) is 0 Å². The van der Waals surface area contributed by atoms with Gasteiger partial charge in [0, 0.05) is 23.1 Å². The summed E-state index contributed by atoms with van der Waals surface area (Å²) in [4.78, 5) is 17.1. The quantitative estimate of drug-likeness (QED) is 0.394. The monoisotopic (exact) mass is 429 g/mol. The summed E-state index contributed by atoms with van der Waals surface area (Å²) in [6, 6.07) is 26.2. The zero-order valence-corrected chi connectivity index (χ0v) is 17.4. The molecule has 1 amide bonds. The first-order chi connectivity index (χ1) is 15.2. The lowest BCUT2D eigenvalue weighted by Gasteiger charge is -2.14. The Morgan fingerprint density at radius 2 is 1.74 bits per heavy atom. The molecule has 5 nitrogen and oxygen atoms in total. The summed E-state index contributed by atoms with van der Waals surface area (Å²) in [7, 11) is 0. The van der Waals surface area contributed by atoms with Crippen LogP contribution in [0.4, 0.5) is 0 Å². The van der Waals surface area contributed by atoms with E-state index in [4.69, 9.17) is 16.1 Å². The number of benzene rings is 3. The van der Waals surface area contributed by atoms with E-state index in [-0.39, 0.29) is 5.91 Å². The number of nitrogens with zero attached hydrogens (tertiary/aromatic N) is 2. The molecule has 0 spiro atoms. The fourth-order valence-corrected chi connectivity index (χ4v) is 3.32. The molecule has 6 heteroatoms. The number of aromatic nitrogens is 2. The van der Waals surface area contributed by atoms with Crippen molar-refractivity contribution in [2.45, 2.75) is 12.5 Å². The van der Waals surface area contributed by atoms with Crippen LogP contribution >= 0.6 is 11.6 Å². The lowest BCUT2D eigenvalue weighted by atomic mass is 10.1. The summed E-state index contributed by atoms with van der Waals surface area (Å²) in [5, 5.41) is 7.64. The van der Waals surface area contributed by atoms with Gasteiger partial charge in [-0.15, -0.1) is 0 Å². The number of hydrogen-bond acceptors (Lipinski definition) is 4. The zero-order chi connectivity index (χ0) is 21.5. The highest BCUT2D eigenvalue weighted by atomic mass is 35.5. The van der Waals surface area contributed by atoms with Crippen molar-refractivity contribution in [3.05, 3.63) is 113 Å². The smallest absolute Gasteiger partial charge is 0.249 e. The molecule has 0 aliphatic carbocycles. The van der Waals surface area contributed by atoms with Gasteiger partial charge < -0.3 is 9.84 Å². The topological polar surface area (TPSA) is 68.0 Å². The summed E-state index contributed by atoms with van der Waals surface area (Å²) >= 11 is 6.07. The molecule has 0 aliphatic rings. The van der Waals surface area contributed by atoms with Crippen LogP contribution in [0.3, 0.4) is 0 Å². The van der Waals surface area contributed by atoms with Gasteiger partial charge in [-0.1, -0.05) is 89.6 Å². The average molecular weight is 430 g/mol. The highest BCUT2D eigenvalue weighted by Gasteiger charge is 2.21. The predicted octanol–water partition coefficient (Wildman–Crippen LogP) is 5.50. The van der Waals surface area contributed by atoms with E-state index in [0.717, 1.165) is 16.7 Å². The van der Waals surface area contributed by atoms with Gasteiger partial charge in [-0.25, -0.2) is 0 Å². The van der Waals surface area contributed by atoms with Gasteiger partial charge in [0.2, 0.25) is 17.6 Å². The number of carbonyl (C=O) groups excluding carboxylic acids is 1. The highest BCUT2D eigenvalue weighted by Crippen LogP contribution is 2.23. The fourth-order valence-electron chi connectivity index (χ4n) is 3.13. The van der Waals surface area contributed by atoms with Gasteiger partial charge in [0.05, 0.1) is 0 Å². The molecular weight excluding hydrogens is 410 g/mol. The fraction of sp³-hybridized carbons (Fsp3) is 0.0800. The third-order valence-electron chi connectivity index (χ3n) is 4.65. The average Bonchev–Trinajstić information content (AvgIpc) is 3.29. The van der Waals surface area contributed by atoms with Crippen LogP contribution in [-0.4, -0.2) is 16.0 Å². The van der Waals surface area contributed by atoms with E-state index >= 15 is 0 Å². The first-order valence-corrected chi connectivity index (χ1v) is 10.2. The summed E-state index contributed by atoms with van der Waals surface area (Å²) in [6.07, 6.45) is 3.78. The molecule has 0 radical (unpaired) electrons. The molecule has 1 heterocycles. The van der Waals surface area contributed by atoms with Gasteiger partial charge in [-0.2, -0.15) is 4.98 Å². The van der Waals surface area contributed by atoms with Crippen molar-refractivity contribution in [3.8, 4) is 11.4 Å². The molecule has 0 aliphatic heterocycles. The van der Waals surface area contributed by atoms with Crippen LogP contribution in [0.2, 0.25) is 5.02 Å². The number of nitrogens with one attached hydrogen (secondary N) is 1. The molecule has 0 saturated heterocycles. The van der Waals surface area contributed by atoms with Gasteiger partial charge in [0.25, 0.3) is 0 Å². The summed E-state index contributed by atoms with van der Waals surface area (Å²) in [5.41, 5.74) is 2.73. The molecule has 4 aromatic rings. The maximum absolute atomic E-state index is 12.6. The maximum atomic E-state index is 12.6. The van der Waals surface area contributed by atoms with E-state index in [1.165, 1.54) is 6.08 Å². The van der Waals surface area contributed by atoms with Crippen LogP contribution in [-0.2, 0) is 11.2 Å². The molecule has 0 bridgehead atoms. The number of hydrogen-bond donors (Lipinski definition) is 1. The lowest BCUT2D eigenvalue weighted by molar-refractivity contribution is -0.117. The van der Waals surface area contributed by atoms with E-state index in [9.17, 15) is 4.79 Å². The summed E-state index contributed by atoms with van der Waals surface area (Å²) in [6.45, 7) is 0. The van der Waals surface area contributed by atoms with E-state index in [1.807, 2.05) is 72.8 Å². The first-order valence-electron chi connectivity index (χ1n) is 9.84. The van der Waals surface area contributed by atoms with E-state index in [0.29, 0.717) is 23.2 Å². The molecular formula is C25H20ClN3O2.